The lowest BCUT2D eigenvalue weighted by molar-refractivity contribution is 0.0600. The van der Waals surface area contributed by atoms with Crippen LogP contribution in [-0.4, -0.2) is 13.1 Å². The third kappa shape index (κ3) is 4.37. The van der Waals surface area contributed by atoms with Gasteiger partial charge in [-0.25, -0.2) is 4.79 Å². The molecule has 0 aliphatic rings. The number of hydrogen-bond donors (Lipinski definition) is 3. The highest BCUT2D eigenvalue weighted by Crippen LogP contribution is 2.11. The second-order valence-electron chi connectivity index (χ2n) is 6.26. The molecule has 0 spiro atoms. The number of esters is 1. The number of methoxy groups -OCH3 is 1. The van der Waals surface area contributed by atoms with Gasteiger partial charge in [0.05, 0.1) is 24.3 Å². The normalized spacial score (nSPS) is 12.4. The van der Waals surface area contributed by atoms with Gasteiger partial charge in [-0.15, -0.1) is 0 Å². The minimum absolute atomic E-state index is 0.406. The number of anilines is 1. The Bertz CT molecular complexity index is 1210. The Hall–Kier alpha value is -4.24. The Morgan fingerprint density at radius 3 is 2.24 bits per heavy atom. The van der Waals surface area contributed by atoms with Crippen LogP contribution in [0.3, 0.4) is 0 Å². The summed E-state index contributed by atoms with van der Waals surface area (Å²) >= 11 is 0. The van der Waals surface area contributed by atoms with Gasteiger partial charge in [-0.1, -0.05) is 42.5 Å². The smallest absolute Gasteiger partial charge is 0.337 e. The molecule has 0 aliphatic heterocycles. The lowest BCUT2D eigenvalue weighted by Gasteiger charge is -2.09. The first kappa shape index (κ1) is 19.5. The number of carbonyl (C=O) groups excluding carboxylic acids is 1. The van der Waals surface area contributed by atoms with Crippen molar-refractivity contribution in [1.82, 2.24) is 0 Å². The summed E-state index contributed by atoms with van der Waals surface area (Å²) in [6, 6.07) is 23.5. The van der Waals surface area contributed by atoms with Gasteiger partial charge in [0, 0.05) is 21.8 Å². The van der Waals surface area contributed by atoms with Gasteiger partial charge in [0.25, 0.3) is 0 Å². The molecule has 0 amide bonds. The number of ether oxygens (including phenoxy) is 1. The number of benzene rings is 3. The van der Waals surface area contributed by atoms with Gasteiger partial charge < -0.3 is 21.5 Å². The van der Waals surface area contributed by atoms with Crippen LogP contribution in [0.4, 0.5) is 5.69 Å². The minimum atomic E-state index is -0.406. The van der Waals surface area contributed by atoms with Crippen molar-refractivity contribution in [3.8, 4) is 6.07 Å². The number of nitrogens with two attached hydrogens (primary N) is 2. The summed E-state index contributed by atoms with van der Waals surface area (Å²) in [6.45, 7) is 0. The Morgan fingerprint density at radius 1 is 0.931 bits per heavy atom. The zero-order valence-electron chi connectivity index (χ0n) is 15.8. The summed E-state index contributed by atoms with van der Waals surface area (Å²) < 4.78 is 4.72. The van der Waals surface area contributed by atoms with E-state index in [1.54, 1.807) is 42.5 Å². The average molecular weight is 384 g/mol. The van der Waals surface area contributed by atoms with Crippen LogP contribution >= 0.6 is 0 Å². The molecule has 0 heterocycles. The van der Waals surface area contributed by atoms with Gasteiger partial charge in [-0.2, -0.15) is 5.26 Å². The lowest BCUT2D eigenvalue weighted by Crippen LogP contribution is -2.35. The van der Waals surface area contributed by atoms with Crippen LogP contribution in [-0.2, 0) is 4.74 Å². The molecule has 0 bridgehead atoms. The Kier molecular flexibility index (Phi) is 5.81. The molecule has 0 saturated heterocycles. The molecular weight excluding hydrogens is 364 g/mol. The van der Waals surface area contributed by atoms with Crippen LogP contribution in [0.1, 0.15) is 21.5 Å². The van der Waals surface area contributed by atoms with Crippen molar-refractivity contribution in [3.05, 3.63) is 99.9 Å². The molecule has 0 unspecified atom stereocenters. The largest absolute Gasteiger partial charge is 0.465 e. The first-order valence-electron chi connectivity index (χ1n) is 8.84. The van der Waals surface area contributed by atoms with Crippen molar-refractivity contribution in [2.24, 2.45) is 11.5 Å². The summed E-state index contributed by atoms with van der Waals surface area (Å²) in [5.74, 6) is 0.00159. The maximum Gasteiger partial charge on any atom is 0.337 e. The van der Waals surface area contributed by atoms with Gasteiger partial charge in [-0.05, 0) is 35.9 Å². The van der Waals surface area contributed by atoms with Crippen molar-refractivity contribution < 1.29 is 9.53 Å². The predicted molar refractivity (Wildman–Crippen MR) is 113 cm³/mol. The molecule has 0 aromatic heterocycles. The molecule has 3 rings (SSSR count). The zero-order chi connectivity index (χ0) is 20.8. The van der Waals surface area contributed by atoms with E-state index in [-0.39, 0.29) is 0 Å². The molecule has 6 nitrogen and oxygen atoms in total. The highest BCUT2D eigenvalue weighted by Gasteiger charge is 2.06. The standard InChI is InChI=1S/C23H20N4O2/c1-29-23(28)17-11-9-16(10-12-17)21(25)19-7-2-3-8-20(19)22(26)27-18-6-4-5-15(13-18)14-24/h2-13,27H,25-26H2,1H3/b21-19-,22-20+. The van der Waals surface area contributed by atoms with Gasteiger partial charge in [0.1, 0.15) is 5.82 Å². The van der Waals surface area contributed by atoms with Crippen LogP contribution in [0.2, 0.25) is 0 Å². The van der Waals surface area contributed by atoms with Crippen molar-refractivity contribution in [2.75, 3.05) is 12.4 Å². The molecule has 144 valence electrons. The fraction of sp³-hybridized carbons (Fsp3) is 0.0435. The molecule has 3 aromatic rings. The molecule has 0 aliphatic carbocycles. The fourth-order valence-corrected chi connectivity index (χ4v) is 2.90. The van der Waals surface area contributed by atoms with E-state index in [1.807, 2.05) is 30.3 Å². The number of nitrogens with one attached hydrogen (secondary N) is 1. The van der Waals surface area contributed by atoms with Crippen LogP contribution in [0.5, 0.6) is 0 Å². The van der Waals surface area contributed by atoms with E-state index in [2.05, 4.69) is 11.4 Å². The Balaban J connectivity index is 2.08. The molecule has 0 atom stereocenters. The number of nitrogens with zero attached hydrogens (tertiary/aromatic N) is 1. The van der Waals surface area contributed by atoms with Gasteiger partial charge in [-0.3, -0.25) is 0 Å². The minimum Gasteiger partial charge on any atom is -0.465 e. The van der Waals surface area contributed by atoms with E-state index >= 15 is 0 Å². The molecule has 0 saturated carbocycles. The summed E-state index contributed by atoms with van der Waals surface area (Å²) in [6.07, 6.45) is 0. The van der Waals surface area contributed by atoms with Crippen molar-refractivity contribution >= 4 is 23.2 Å². The van der Waals surface area contributed by atoms with E-state index in [1.165, 1.54) is 7.11 Å². The van der Waals surface area contributed by atoms with Crippen LogP contribution in [0, 0.1) is 11.3 Å². The third-order valence-electron chi connectivity index (χ3n) is 4.40. The zero-order valence-corrected chi connectivity index (χ0v) is 15.8. The monoisotopic (exact) mass is 384 g/mol. The van der Waals surface area contributed by atoms with E-state index in [9.17, 15) is 4.79 Å². The molecular formula is C23H20N4O2. The number of rotatable bonds is 4. The van der Waals surface area contributed by atoms with Crippen molar-refractivity contribution in [3.63, 3.8) is 0 Å². The second-order valence-corrected chi connectivity index (χ2v) is 6.26. The fourth-order valence-electron chi connectivity index (χ4n) is 2.90. The Morgan fingerprint density at radius 2 is 1.59 bits per heavy atom. The average Bonchev–Trinajstić information content (AvgIpc) is 2.78. The number of hydrogen-bond acceptors (Lipinski definition) is 6. The van der Waals surface area contributed by atoms with Crippen molar-refractivity contribution in [2.45, 2.75) is 0 Å². The first-order valence-corrected chi connectivity index (χ1v) is 8.84. The Labute approximate surface area is 168 Å². The molecule has 0 radical (unpaired) electrons. The van der Waals surface area contributed by atoms with Gasteiger partial charge in [0.2, 0.25) is 0 Å². The summed E-state index contributed by atoms with van der Waals surface area (Å²) in [4.78, 5) is 11.6. The van der Waals surface area contributed by atoms with E-state index in [0.717, 1.165) is 16.0 Å². The third-order valence-corrected chi connectivity index (χ3v) is 4.40. The molecule has 6 heteroatoms. The maximum atomic E-state index is 11.6. The predicted octanol–water partition coefficient (Wildman–Crippen LogP) is 1.60. The SMILES string of the molecule is COC(=O)c1ccc(/C(N)=c2\cccc\c2=C(\N)Nc2cccc(C#N)c2)cc1. The highest BCUT2D eigenvalue weighted by molar-refractivity contribution is 5.89. The van der Waals surface area contributed by atoms with Crippen LogP contribution in [0.25, 0.3) is 11.5 Å². The maximum absolute atomic E-state index is 11.6. The van der Waals surface area contributed by atoms with Crippen LogP contribution in [0.15, 0.2) is 72.8 Å². The molecule has 5 N–H and O–H groups in total. The number of carbonyl (C=O) groups is 1. The number of nitriles is 1. The summed E-state index contributed by atoms with van der Waals surface area (Å²) in [5, 5.41) is 13.7. The van der Waals surface area contributed by atoms with E-state index in [4.69, 9.17) is 21.5 Å². The molecule has 29 heavy (non-hydrogen) atoms. The second kappa shape index (κ2) is 8.63. The van der Waals surface area contributed by atoms with Crippen molar-refractivity contribution in [1.29, 1.82) is 5.26 Å². The molecule has 0 fully saturated rings. The van der Waals surface area contributed by atoms with Crippen LogP contribution < -0.4 is 27.2 Å². The van der Waals surface area contributed by atoms with E-state index < -0.39 is 5.97 Å². The van der Waals surface area contributed by atoms with Gasteiger partial charge in [0.15, 0.2) is 0 Å². The summed E-state index contributed by atoms with van der Waals surface area (Å²) in [5.41, 5.74) is 15.7. The van der Waals surface area contributed by atoms with Gasteiger partial charge >= 0.3 is 5.97 Å². The highest BCUT2D eigenvalue weighted by atomic mass is 16.5. The lowest BCUT2D eigenvalue weighted by atomic mass is 10.1. The molecule has 3 aromatic carbocycles. The quantitative estimate of drug-likeness (QED) is 0.589. The summed E-state index contributed by atoms with van der Waals surface area (Å²) in [7, 11) is 1.34. The first-order chi connectivity index (χ1) is 14.0. The van der Waals surface area contributed by atoms with E-state index in [0.29, 0.717) is 28.3 Å². The topological polar surface area (TPSA) is 114 Å².